The minimum atomic E-state index is -4.72. The van der Waals surface area contributed by atoms with Crippen LogP contribution in [-0.2, 0) is 13.2 Å². The molecule has 0 amide bonds. The first kappa shape index (κ1) is 23.8. The lowest BCUT2D eigenvalue weighted by Gasteiger charge is -2.13. The summed E-state index contributed by atoms with van der Waals surface area (Å²) in [5, 5.41) is 2.94. The summed E-state index contributed by atoms with van der Waals surface area (Å²) in [5.41, 5.74) is 4.62. The minimum absolute atomic E-state index is 0.0478. The molecule has 0 saturated carbocycles. The van der Waals surface area contributed by atoms with Crippen molar-refractivity contribution in [3.05, 3.63) is 84.3 Å². The van der Waals surface area contributed by atoms with Crippen molar-refractivity contribution in [2.75, 3.05) is 5.32 Å². The highest BCUT2D eigenvalue weighted by atomic mass is 19.4. The monoisotopic (exact) mass is 468 g/mol. The summed E-state index contributed by atoms with van der Waals surface area (Å²) in [6.07, 6.45) is -6.21. The van der Waals surface area contributed by atoms with E-state index in [1.54, 1.807) is 11.6 Å². The van der Waals surface area contributed by atoms with Gasteiger partial charge in [-0.3, -0.25) is 0 Å². The van der Waals surface area contributed by atoms with E-state index in [1.165, 1.54) is 36.4 Å². The number of ether oxygens (including phenoxy) is 1. The molecule has 0 fully saturated rings. The molecule has 0 aliphatic rings. The van der Waals surface area contributed by atoms with E-state index in [-0.39, 0.29) is 17.2 Å². The number of alkyl halides is 6. The van der Waals surface area contributed by atoms with E-state index in [4.69, 9.17) is 10.5 Å². The van der Waals surface area contributed by atoms with Gasteiger partial charge in [0, 0.05) is 12.7 Å². The quantitative estimate of drug-likeness (QED) is 0.257. The smallest absolute Gasteiger partial charge is 0.421 e. The highest BCUT2D eigenvalue weighted by molar-refractivity contribution is 5.80. The molecule has 5 nitrogen and oxygen atoms in total. The van der Waals surface area contributed by atoms with Crippen molar-refractivity contribution in [3.8, 4) is 5.75 Å². The molecule has 1 aromatic heterocycles. The van der Waals surface area contributed by atoms with Gasteiger partial charge in [0.15, 0.2) is 0 Å². The van der Waals surface area contributed by atoms with Crippen molar-refractivity contribution < 1.29 is 31.1 Å². The topological polar surface area (TPSA) is 65.1 Å². The number of nitrogens with two attached hydrogens (primary N) is 1. The number of hydrogen-bond donors (Lipinski definition) is 2. The Hall–Kier alpha value is -3.89. The van der Waals surface area contributed by atoms with Crippen LogP contribution in [0.25, 0.3) is 11.0 Å². The number of aromatic nitrogens is 2. The van der Waals surface area contributed by atoms with Crippen LogP contribution in [0.1, 0.15) is 5.56 Å². The second-order valence-electron chi connectivity index (χ2n) is 6.82. The Kier molecular flexibility index (Phi) is 6.43. The summed E-state index contributed by atoms with van der Waals surface area (Å²) in [6, 6.07) is 8.99. The minimum Gasteiger partial charge on any atom is -0.441 e. The molecule has 3 rings (SSSR count). The van der Waals surface area contributed by atoms with Crippen molar-refractivity contribution in [1.29, 1.82) is 0 Å². The molecule has 0 radical (unpaired) electrons. The molecule has 3 aromatic rings. The van der Waals surface area contributed by atoms with Gasteiger partial charge >= 0.3 is 12.4 Å². The lowest BCUT2D eigenvalue weighted by atomic mass is 10.2. The molecule has 3 N–H and O–H groups in total. The third-order valence-corrected chi connectivity index (χ3v) is 4.52. The zero-order valence-corrected chi connectivity index (χ0v) is 17.1. The molecule has 1 heterocycles. The largest absolute Gasteiger partial charge is 0.441 e. The van der Waals surface area contributed by atoms with Crippen molar-refractivity contribution in [2.45, 2.75) is 12.4 Å². The number of benzene rings is 2. The number of allylic oxidation sites excluding steroid dienone is 4. The predicted octanol–water partition coefficient (Wildman–Crippen LogP) is 6.19. The van der Waals surface area contributed by atoms with Crippen LogP contribution >= 0.6 is 0 Å². The first-order valence-electron chi connectivity index (χ1n) is 9.35. The third-order valence-electron chi connectivity index (χ3n) is 4.52. The number of fused-ring (bicyclic) bond motifs is 1. The Balaban J connectivity index is 1.81. The molecule has 2 aromatic carbocycles. The Morgan fingerprint density at radius 1 is 1.09 bits per heavy atom. The number of rotatable bonds is 6. The van der Waals surface area contributed by atoms with Crippen LogP contribution in [0, 0.1) is 0 Å². The maximum absolute atomic E-state index is 13.1. The Labute approximate surface area is 184 Å². The van der Waals surface area contributed by atoms with Crippen molar-refractivity contribution >= 4 is 22.7 Å². The third kappa shape index (κ3) is 5.48. The number of nitrogens with one attached hydrogen (secondary N) is 1. The van der Waals surface area contributed by atoms with E-state index in [1.807, 2.05) is 0 Å². The molecule has 11 heteroatoms. The first-order valence-corrected chi connectivity index (χ1v) is 9.35. The zero-order valence-electron chi connectivity index (χ0n) is 17.1. The number of aryl methyl sites for hydroxylation is 1. The van der Waals surface area contributed by atoms with Gasteiger partial charge in [-0.2, -0.15) is 26.3 Å². The number of halogens is 6. The van der Waals surface area contributed by atoms with E-state index in [0.717, 1.165) is 24.3 Å². The first-order chi connectivity index (χ1) is 15.4. The summed E-state index contributed by atoms with van der Waals surface area (Å²) >= 11 is 0. The second kappa shape index (κ2) is 8.93. The van der Waals surface area contributed by atoms with Crippen LogP contribution in [0.2, 0.25) is 0 Å². The predicted molar refractivity (Wildman–Crippen MR) is 113 cm³/mol. The van der Waals surface area contributed by atoms with Crippen LogP contribution in [-0.4, -0.2) is 15.7 Å². The van der Waals surface area contributed by atoms with E-state index in [2.05, 4.69) is 16.9 Å². The van der Waals surface area contributed by atoms with Crippen molar-refractivity contribution in [3.63, 3.8) is 0 Å². The van der Waals surface area contributed by atoms with Gasteiger partial charge in [0.2, 0.25) is 11.8 Å². The molecular formula is C22H18F6N4O. The molecule has 0 aliphatic heterocycles. The zero-order chi connectivity index (χ0) is 24.4. The average Bonchev–Trinajstić information content (AvgIpc) is 3.03. The lowest BCUT2D eigenvalue weighted by molar-refractivity contribution is -0.137. The fraction of sp³-hybridized carbons (Fsp3) is 0.136. The van der Waals surface area contributed by atoms with E-state index >= 15 is 0 Å². The second-order valence-corrected chi connectivity index (χ2v) is 6.82. The van der Waals surface area contributed by atoms with Crippen LogP contribution in [0.5, 0.6) is 5.75 Å². The maximum Gasteiger partial charge on any atom is 0.421 e. The Morgan fingerprint density at radius 2 is 1.76 bits per heavy atom. The van der Waals surface area contributed by atoms with Crippen LogP contribution in [0.15, 0.2) is 78.7 Å². The molecule has 0 bridgehead atoms. The highest BCUT2D eigenvalue weighted by Gasteiger charge is 2.35. The standard InChI is InChI=1S/C22H18F6N4O/c1-3-4-5-16(22(26,27)28)19(29)33-15-9-7-14(8-10-15)30-20-31-17-12-13(21(23,24)25)6-11-18(17)32(20)2/h3-12H,1,29H2,2H3,(H,30,31)/b5-4-,19-16-. The van der Waals surface area contributed by atoms with Gasteiger partial charge < -0.3 is 20.4 Å². The summed E-state index contributed by atoms with van der Waals surface area (Å²) < 4.78 is 84.9. The molecule has 0 unspecified atom stereocenters. The Morgan fingerprint density at radius 3 is 2.33 bits per heavy atom. The maximum atomic E-state index is 13.1. The van der Waals surface area contributed by atoms with Gasteiger partial charge in [-0.25, -0.2) is 4.98 Å². The van der Waals surface area contributed by atoms with Crippen LogP contribution in [0.4, 0.5) is 38.0 Å². The molecule has 0 spiro atoms. The molecule has 0 aliphatic carbocycles. The fourth-order valence-corrected chi connectivity index (χ4v) is 2.89. The molecule has 0 saturated heterocycles. The average molecular weight is 468 g/mol. The van der Waals surface area contributed by atoms with E-state index in [9.17, 15) is 26.3 Å². The SMILES string of the molecule is C=C/C=C\C(=C(/N)Oc1ccc(Nc2nc3cc(C(F)(F)F)ccc3n2C)cc1)C(F)(F)F. The van der Waals surface area contributed by atoms with E-state index < -0.39 is 29.4 Å². The van der Waals surface area contributed by atoms with Gasteiger partial charge in [-0.05, 0) is 48.5 Å². The number of anilines is 2. The van der Waals surface area contributed by atoms with Gasteiger partial charge in [0.05, 0.1) is 16.6 Å². The van der Waals surface area contributed by atoms with E-state index in [0.29, 0.717) is 11.2 Å². The van der Waals surface area contributed by atoms with Gasteiger partial charge in [0.25, 0.3) is 0 Å². The number of imidazole rings is 1. The summed E-state index contributed by atoms with van der Waals surface area (Å²) in [4.78, 5) is 4.18. The highest BCUT2D eigenvalue weighted by Crippen LogP contribution is 2.33. The fourth-order valence-electron chi connectivity index (χ4n) is 2.89. The van der Waals surface area contributed by atoms with Gasteiger partial charge in [0.1, 0.15) is 11.3 Å². The van der Waals surface area contributed by atoms with Crippen molar-refractivity contribution in [1.82, 2.24) is 9.55 Å². The summed E-state index contributed by atoms with van der Waals surface area (Å²) in [7, 11) is 1.63. The van der Waals surface area contributed by atoms with Gasteiger partial charge in [-0.15, -0.1) is 0 Å². The van der Waals surface area contributed by atoms with Gasteiger partial charge in [-0.1, -0.05) is 18.7 Å². The number of nitrogens with zero attached hydrogens (tertiary/aromatic N) is 2. The molecular weight excluding hydrogens is 450 g/mol. The summed E-state index contributed by atoms with van der Waals surface area (Å²) in [6.45, 7) is 3.31. The van der Waals surface area contributed by atoms with Crippen molar-refractivity contribution in [2.24, 2.45) is 12.8 Å². The number of hydrogen-bond acceptors (Lipinski definition) is 4. The lowest BCUT2D eigenvalue weighted by Crippen LogP contribution is -2.19. The Bertz CT molecular complexity index is 1220. The molecule has 174 valence electrons. The normalized spacial score (nSPS) is 13.3. The molecule has 33 heavy (non-hydrogen) atoms. The van der Waals surface area contributed by atoms with Crippen LogP contribution < -0.4 is 15.8 Å². The molecule has 0 atom stereocenters. The van der Waals surface area contributed by atoms with Crippen LogP contribution in [0.3, 0.4) is 0 Å². The summed E-state index contributed by atoms with van der Waals surface area (Å²) in [5.74, 6) is -0.518.